The van der Waals surface area contributed by atoms with E-state index in [0.29, 0.717) is 6.61 Å². The minimum absolute atomic E-state index is 0.212. The highest BCUT2D eigenvalue weighted by atomic mass is 31.2. The van der Waals surface area contributed by atoms with Crippen LogP contribution in [-0.2, 0) is 14.2 Å². The Balaban J connectivity index is 3.86. The van der Waals surface area contributed by atoms with Gasteiger partial charge in [0.1, 0.15) is 0 Å². The minimum atomic E-state index is -3.98. The molecule has 0 fully saturated rings. The minimum Gasteiger partial charge on any atom is -0.324 e. The largest absolute Gasteiger partial charge is 0.325 e. The van der Waals surface area contributed by atoms with Gasteiger partial charge in [-0.15, -0.1) is 0 Å². The standard InChI is InChI=1S/C9H20NO5P/c1-3-4-7-15-10(9(2)11)6-5-8-16(12,13)14/h3-8H2,1-2H3,(H2,12,13,14). The number of amides is 1. The second kappa shape index (κ2) is 7.79. The van der Waals surface area contributed by atoms with Crippen LogP contribution in [0.25, 0.3) is 0 Å². The molecular weight excluding hydrogens is 233 g/mol. The SMILES string of the molecule is CCCCON(CCCP(=O)(O)O)C(C)=O. The maximum Gasteiger partial charge on any atom is 0.325 e. The fourth-order valence-corrected chi connectivity index (χ4v) is 1.61. The van der Waals surface area contributed by atoms with Gasteiger partial charge in [0, 0.05) is 13.5 Å². The molecule has 0 spiro atoms. The molecule has 0 saturated heterocycles. The van der Waals surface area contributed by atoms with Gasteiger partial charge >= 0.3 is 7.60 Å². The van der Waals surface area contributed by atoms with E-state index in [1.807, 2.05) is 6.92 Å². The van der Waals surface area contributed by atoms with E-state index < -0.39 is 7.60 Å². The van der Waals surface area contributed by atoms with Crippen LogP contribution in [0, 0.1) is 0 Å². The van der Waals surface area contributed by atoms with E-state index in [1.54, 1.807) is 0 Å². The van der Waals surface area contributed by atoms with Crippen LogP contribution in [0.15, 0.2) is 0 Å². The smallest absolute Gasteiger partial charge is 0.324 e. The van der Waals surface area contributed by atoms with Crippen LogP contribution >= 0.6 is 7.60 Å². The first-order valence-corrected chi connectivity index (χ1v) is 7.12. The summed E-state index contributed by atoms with van der Waals surface area (Å²) in [6, 6.07) is 0. The lowest BCUT2D eigenvalue weighted by atomic mass is 10.4. The van der Waals surface area contributed by atoms with Gasteiger partial charge in [0.25, 0.3) is 0 Å². The van der Waals surface area contributed by atoms with E-state index in [2.05, 4.69) is 0 Å². The molecule has 0 atom stereocenters. The quantitative estimate of drug-likeness (QED) is 0.384. The summed E-state index contributed by atoms with van der Waals surface area (Å²) in [6.45, 7) is 4.04. The normalized spacial score (nSPS) is 11.5. The third kappa shape index (κ3) is 8.85. The van der Waals surface area contributed by atoms with Crippen LogP contribution in [0.5, 0.6) is 0 Å². The van der Waals surface area contributed by atoms with Gasteiger partial charge in [-0.2, -0.15) is 0 Å². The molecule has 0 bridgehead atoms. The average molecular weight is 253 g/mol. The van der Waals surface area contributed by atoms with Gasteiger partial charge in [-0.25, -0.2) is 5.06 Å². The first-order valence-electron chi connectivity index (χ1n) is 5.32. The lowest BCUT2D eigenvalue weighted by molar-refractivity contribution is -0.184. The molecule has 0 heterocycles. The summed E-state index contributed by atoms with van der Waals surface area (Å²) in [5.41, 5.74) is 0. The topological polar surface area (TPSA) is 87.1 Å². The number of rotatable bonds is 8. The Morgan fingerprint density at radius 3 is 2.44 bits per heavy atom. The number of hydroxylamine groups is 2. The highest BCUT2D eigenvalue weighted by molar-refractivity contribution is 7.51. The molecule has 1 amide bonds. The summed E-state index contributed by atoms with van der Waals surface area (Å²) < 4.78 is 10.6. The van der Waals surface area contributed by atoms with Crippen LogP contribution in [-0.4, -0.2) is 40.1 Å². The Hall–Kier alpha value is -0.420. The first-order chi connectivity index (χ1) is 7.37. The second-order valence-electron chi connectivity index (χ2n) is 3.55. The highest BCUT2D eigenvalue weighted by Crippen LogP contribution is 2.34. The van der Waals surface area contributed by atoms with Crippen molar-refractivity contribution < 1.29 is 24.0 Å². The molecule has 0 saturated carbocycles. The van der Waals surface area contributed by atoms with E-state index in [9.17, 15) is 9.36 Å². The van der Waals surface area contributed by atoms with Gasteiger partial charge in [-0.3, -0.25) is 14.2 Å². The summed E-state index contributed by atoms with van der Waals surface area (Å²) in [4.78, 5) is 33.6. The van der Waals surface area contributed by atoms with Gasteiger partial charge in [0.15, 0.2) is 0 Å². The second-order valence-corrected chi connectivity index (χ2v) is 5.33. The molecule has 0 aliphatic rings. The summed E-state index contributed by atoms with van der Waals surface area (Å²) in [6.07, 6.45) is 1.82. The van der Waals surface area contributed by atoms with Crippen LogP contribution in [0.1, 0.15) is 33.1 Å². The predicted molar refractivity (Wildman–Crippen MR) is 59.8 cm³/mol. The number of carbonyl (C=O) groups excluding carboxylic acids is 1. The number of hydrogen-bond acceptors (Lipinski definition) is 3. The Bertz CT molecular complexity index is 252. The molecule has 0 aliphatic carbocycles. The van der Waals surface area contributed by atoms with Crippen molar-refractivity contribution in [3.05, 3.63) is 0 Å². The maximum absolute atomic E-state index is 11.1. The molecule has 6 nitrogen and oxygen atoms in total. The summed E-state index contributed by atoms with van der Waals surface area (Å²) in [7, 11) is -3.98. The number of hydrogen-bond donors (Lipinski definition) is 2. The maximum atomic E-state index is 11.1. The van der Waals surface area contributed by atoms with E-state index >= 15 is 0 Å². The molecule has 7 heteroatoms. The highest BCUT2D eigenvalue weighted by Gasteiger charge is 2.15. The fourth-order valence-electron chi connectivity index (χ4n) is 1.05. The lowest BCUT2D eigenvalue weighted by Gasteiger charge is -2.20. The molecule has 0 aliphatic heterocycles. The van der Waals surface area contributed by atoms with Crippen molar-refractivity contribution in [1.82, 2.24) is 5.06 Å². The third-order valence-corrected chi connectivity index (χ3v) is 2.81. The first kappa shape index (κ1) is 15.6. The van der Waals surface area contributed by atoms with Crippen LogP contribution in [0.3, 0.4) is 0 Å². The fraction of sp³-hybridized carbons (Fsp3) is 0.889. The number of unbranched alkanes of at least 4 members (excludes halogenated alkanes) is 1. The monoisotopic (exact) mass is 253 g/mol. The van der Waals surface area contributed by atoms with Crippen molar-refractivity contribution in [2.45, 2.75) is 33.1 Å². The Labute approximate surface area is 95.7 Å². The molecule has 0 aromatic carbocycles. The summed E-state index contributed by atoms with van der Waals surface area (Å²) >= 11 is 0. The van der Waals surface area contributed by atoms with Crippen molar-refractivity contribution in [3.8, 4) is 0 Å². The van der Waals surface area contributed by atoms with Crippen molar-refractivity contribution in [1.29, 1.82) is 0 Å². The zero-order chi connectivity index (χ0) is 12.6. The van der Waals surface area contributed by atoms with E-state index in [0.717, 1.165) is 17.9 Å². The molecule has 2 N–H and O–H groups in total. The van der Waals surface area contributed by atoms with Gasteiger partial charge in [0.05, 0.1) is 12.8 Å². The van der Waals surface area contributed by atoms with Gasteiger partial charge in [0.2, 0.25) is 5.91 Å². The zero-order valence-electron chi connectivity index (χ0n) is 9.76. The molecule has 0 rings (SSSR count). The Kier molecular flexibility index (Phi) is 7.58. The zero-order valence-corrected chi connectivity index (χ0v) is 10.7. The van der Waals surface area contributed by atoms with E-state index in [4.69, 9.17) is 14.6 Å². The van der Waals surface area contributed by atoms with Gasteiger partial charge < -0.3 is 9.79 Å². The van der Waals surface area contributed by atoms with E-state index in [1.165, 1.54) is 6.92 Å². The Morgan fingerprint density at radius 2 is 2.00 bits per heavy atom. The number of nitrogens with zero attached hydrogens (tertiary/aromatic N) is 1. The van der Waals surface area contributed by atoms with Crippen LogP contribution < -0.4 is 0 Å². The van der Waals surface area contributed by atoms with Crippen molar-refractivity contribution in [2.24, 2.45) is 0 Å². The predicted octanol–water partition coefficient (Wildman–Crippen LogP) is 1.13. The molecule has 16 heavy (non-hydrogen) atoms. The molecule has 96 valence electrons. The van der Waals surface area contributed by atoms with Crippen LogP contribution in [0.4, 0.5) is 0 Å². The van der Waals surface area contributed by atoms with Gasteiger partial charge in [-0.05, 0) is 12.8 Å². The third-order valence-electron chi connectivity index (χ3n) is 1.91. The average Bonchev–Trinajstić information content (AvgIpc) is 2.13. The molecular formula is C9H20NO5P. The van der Waals surface area contributed by atoms with Crippen molar-refractivity contribution in [2.75, 3.05) is 19.3 Å². The van der Waals surface area contributed by atoms with Gasteiger partial charge in [-0.1, -0.05) is 13.3 Å². The lowest BCUT2D eigenvalue weighted by Crippen LogP contribution is -2.30. The van der Waals surface area contributed by atoms with Crippen molar-refractivity contribution in [3.63, 3.8) is 0 Å². The summed E-state index contributed by atoms with van der Waals surface area (Å²) in [5, 5.41) is 1.16. The summed E-state index contributed by atoms with van der Waals surface area (Å²) in [5.74, 6) is -0.248. The van der Waals surface area contributed by atoms with Crippen molar-refractivity contribution >= 4 is 13.5 Å². The molecule has 0 unspecified atom stereocenters. The van der Waals surface area contributed by atoms with E-state index in [-0.39, 0.29) is 25.0 Å². The molecule has 0 aromatic rings. The molecule has 0 aromatic heterocycles. The Morgan fingerprint density at radius 1 is 1.38 bits per heavy atom. The molecule has 0 radical (unpaired) electrons. The van der Waals surface area contributed by atoms with Crippen LogP contribution in [0.2, 0.25) is 0 Å². The number of carbonyl (C=O) groups is 1.